The Hall–Kier alpha value is -1.45. The highest BCUT2D eigenvalue weighted by Crippen LogP contribution is 2.33. The van der Waals surface area contributed by atoms with E-state index in [1.807, 2.05) is 6.92 Å². The first-order chi connectivity index (χ1) is 7.70. The predicted octanol–water partition coefficient (Wildman–Crippen LogP) is 2.39. The molecule has 0 aliphatic heterocycles. The van der Waals surface area contributed by atoms with Gasteiger partial charge in [-0.2, -0.15) is 0 Å². The largest absolute Gasteiger partial charge is 0.477 e. The lowest BCUT2D eigenvalue weighted by molar-refractivity contribution is 0.0689. The van der Waals surface area contributed by atoms with E-state index in [0.717, 1.165) is 18.5 Å². The average Bonchev–Trinajstić information content (AvgIpc) is 2.81. The molecule has 1 saturated carbocycles. The van der Waals surface area contributed by atoms with Crippen LogP contribution in [0, 0.1) is 0 Å². The Morgan fingerprint density at radius 3 is 2.69 bits per heavy atom. The summed E-state index contributed by atoms with van der Waals surface area (Å²) >= 11 is 0. The maximum atomic E-state index is 10.9. The van der Waals surface area contributed by atoms with Crippen molar-refractivity contribution in [3.05, 3.63) is 23.3 Å². The second-order valence-corrected chi connectivity index (χ2v) is 4.23. The zero-order valence-electron chi connectivity index (χ0n) is 9.44. The standard InChI is InChI=1S/C12H16N2O2/c1-2-11-13-9(8-5-3-4-6-8)7-10(14-11)12(15)16/h7-8H,2-6H2,1H3,(H,15,16). The molecular formula is C12H16N2O2. The first-order valence-corrected chi connectivity index (χ1v) is 5.82. The molecule has 4 heteroatoms. The highest BCUT2D eigenvalue weighted by atomic mass is 16.4. The van der Waals surface area contributed by atoms with Gasteiger partial charge in [0.2, 0.25) is 0 Å². The van der Waals surface area contributed by atoms with Crippen molar-refractivity contribution in [2.45, 2.75) is 44.9 Å². The van der Waals surface area contributed by atoms with Crippen LogP contribution < -0.4 is 0 Å². The van der Waals surface area contributed by atoms with Crippen molar-refractivity contribution in [1.29, 1.82) is 0 Å². The van der Waals surface area contributed by atoms with Crippen LogP contribution in [0.3, 0.4) is 0 Å². The monoisotopic (exact) mass is 220 g/mol. The fourth-order valence-corrected chi connectivity index (χ4v) is 2.22. The predicted molar refractivity (Wildman–Crippen MR) is 59.6 cm³/mol. The summed E-state index contributed by atoms with van der Waals surface area (Å²) in [4.78, 5) is 19.4. The van der Waals surface area contributed by atoms with Gasteiger partial charge in [-0.3, -0.25) is 0 Å². The molecule has 0 bridgehead atoms. The highest BCUT2D eigenvalue weighted by molar-refractivity contribution is 5.85. The molecule has 86 valence electrons. The van der Waals surface area contributed by atoms with E-state index in [1.54, 1.807) is 6.07 Å². The van der Waals surface area contributed by atoms with Crippen molar-refractivity contribution in [2.75, 3.05) is 0 Å². The maximum absolute atomic E-state index is 10.9. The van der Waals surface area contributed by atoms with E-state index >= 15 is 0 Å². The molecule has 1 heterocycles. The number of rotatable bonds is 3. The van der Waals surface area contributed by atoms with E-state index in [9.17, 15) is 4.79 Å². The molecule has 0 amide bonds. The number of aryl methyl sites for hydroxylation is 1. The summed E-state index contributed by atoms with van der Waals surface area (Å²) in [5.74, 6) is 0.115. The van der Waals surface area contributed by atoms with Crippen LogP contribution in [0.25, 0.3) is 0 Å². The van der Waals surface area contributed by atoms with Crippen LogP contribution >= 0.6 is 0 Å². The van der Waals surface area contributed by atoms with Gasteiger partial charge in [-0.05, 0) is 18.9 Å². The molecule has 1 N–H and O–H groups in total. The van der Waals surface area contributed by atoms with Gasteiger partial charge in [0.1, 0.15) is 5.82 Å². The molecule has 1 aromatic heterocycles. The van der Waals surface area contributed by atoms with Crippen molar-refractivity contribution < 1.29 is 9.90 Å². The molecule has 1 aliphatic rings. The Balaban J connectivity index is 2.35. The minimum Gasteiger partial charge on any atom is -0.477 e. The SMILES string of the molecule is CCc1nc(C(=O)O)cc(C2CCCC2)n1. The molecule has 16 heavy (non-hydrogen) atoms. The summed E-state index contributed by atoms with van der Waals surface area (Å²) in [7, 11) is 0. The topological polar surface area (TPSA) is 63.1 Å². The summed E-state index contributed by atoms with van der Waals surface area (Å²) in [5.41, 5.74) is 1.05. The van der Waals surface area contributed by atoms with Gasteiger partial charge in [0.25, 0.3) is 0 Å². The van der Waals surface area contributed by atoms with Crippen LogP contribution in [0.15, 0.2) is 6.07 Å². The van der Waals surface area contributed by atoms with E-state index < -0.39 is 5.97 Å². The number of carboxylic acids is 1. The lowest BCUT2D eigenvalue weighted by atomic mass is 10.0. The maximum Gasteiger partial charge on any atom is 0.354 e. The number of hydrogen-bond acceptors (Lipinski definition) is 3. The lowest BCUT2D eigenvalue weighted by Gasteiger charge is -2.10. The van der Waals surface area contributed by atoms with E-state index in [0.29, 0.717) is 18.2 Å². The van der Waals surface area contributed by atoms with Gasteiger partial charge >= 0.3 is 5.97 Å². The average molecular weight is 220 g/mol. The first-order valence-electron chi connectivity index (χ1n) is 5.82. The lowest BCUT2D eigenvalue weighted by Crippen LogP contribution is -2.09. The van der Waals surface area contributed by atoms with E-state index in [2.05, 4.69) is 9.97 Å². The third kappa shape index (κ3) is 2.21. The molecule has 0 saturated heterocycles. The minimum atomic E-state index is -0.962. The number of carbonyl (C=O) groups is 1. The van der Waals surface area contributed by atoms with E-state index in [-0.39, 0.29) is 5.69 Å². The smallest absolute Gasteiger partial charge is 0.354 e. The summed E-state index contributed by atoms with van der Waals surface area (Å²) in [6.45, 7) is 1.94. The molecule has 1 aromatic rings. The summed E-state index contributed by atoms with van der Waals surface area (Å²) in [5, 5.41) is 8.98. The van der Waals surface area contributed by atoms with Crippen molar-refractivity contribution >= 4 is 5.97 Å². The first kappa shape index (κ1) is 11.0. The highest BCUT2D eigenvalue weighted by Gasteiger charge is 2.20. The molecule has 0 aromatic carbocycles. The number of nitrogens with zero attached hydrogens (tertiary/aromatic N) is 2. The van der Waals surface area contributed by atoms with Gasteiger partial charge in [-0.15, -0.1) is 0 Å². The van der Waals surface area contributed by atoms with Crippen LogP contribution in [-0.2, 0) is 6.42 Å². The Labute approximate surface area is 94.7 Å². The van der Waals surface area contributed by atoms with Crippen molar-refractivity contribution in [3.8, 4) is 0 Å². The zero-order chi connectivity index (χ0) is 11.5. The van der Waals surface area contributed by atoms with Gasteiger partial charge in [0.05, 0.1) is 0 Å². The second kappa shape index (κ2) is 4.60. The number of carboxylic acid groups (broad SMARTS) is 1. The summed E-state index contributed by atoms with van der Waals surface area (Å²) < 4.78 is 0. The van der Waals surface area contributed by atoms with Crippen LogP contribution in [0.5, 0.6) is 0 Å². The molecule has 2 rings (SSSR count). The van der Waals surface area contributed by atoms with Crippen LogP contribution in [0.2, 0.25) is 0 Å². The molecule has 0 radical (unpaired) electrons. The third-order valence-corrected chi connectivity index (χ3v) is 3.10. The normalized spacial score (nSPS) is 16.6. The molecular weight excluding hydrogens is 204 g/mol. The van der Waals surface area contributed by atoms with Crippen LogP contribution in [-0.4, -0.2) is 21.0 Å². The van der Waals surface area contributed by atoms with E-state index in [4.69, 9.17) is 5.11 Å². The Morgan fingerprint density at radius 1 is 1.44 bits per heavy atom. The van der Waals surface area contributed by atoms with Crippen LogP contribution in [0.4, 0.5) is 0 Å². The quantitative estimate of drug-likeness (QED) is 0.849. The van der Waals surface area contributed by atoms with Crippen molar-refractivity contribution in [1.82, 2.24) is 9.97 Å². The Bertz CT molecular complexity index is 398. The molecule has 0 spiro atoms. The number of hydrogen-bond donors (Lipinski definition) is 1. The number of aromatic nitrogens is 2. The van der Waals surface area contributed by atoms with Crippen LogP contribution in [0.1, 0.15) is 60.5 Å². The van der Waals surface area contributed by atoms with Crippen molar-refractivity contribution in [3.63, 3.8) is 0 Å². The Kier molecular flexibility index (Phi) is 3.17. The molecule has 4 nitrogen and oxygen atoms in total. The minimum absolute atomic E-state index is 0.133. The third-order valence-electron chi connectivity index (χ3n) is 3.10. The van der Waals surface area contributed by atoms with Crippen molar-refractivity contribution in [2.24, 2.45) is 0 Å². The summed E-state index contributed by atoms with van der Waals surface area (Å²) in [6, 6.07) is 1.64. The summed E-state index contributed by atoms with van der Waals surface area (Å²) in [6.07, 6.45) is 5.37. The van der Waals surface area contributed by atoms with Gasteiger partial charge in [-0.25, -0.2) is 14.8 Å². The van der Waals surface area contributed by atoms with Gasteiger partial charge in [0.15, 0.2) is 5.69 Å². The fraction of sp³-hybridized carbons (Fsp3) is 0.583. The molecule has 0 unspecified atom stereocenters. The zero-order valence-corrected chi connectivity index (χ0v) is 9.44. The molecule has 1 fully saturated rings. The number of aromatic carboxylic acids is 1. The molecule has 0 atom stereocenters. The molecule has 1 aliphatic carbocycles. The van der Waals surface area contributed by atoms with Gasteiger partial charge < -0.3 is 5.11 Å². The van der Waals surface area contributed by atoms with Gasteiger partial charge in [0, 0.05) is 18.0 Å². The second-order valence-electron chi connectivity index (χ2n) is 4.23. The van der Waals surface area contributed by atoms with Gasteiger partial charge in [-0.1, -0.05) is 19.8 Å². The Morgan fingerprint density at radius 2 is 2.12 bits per heavy atom. The van der Waals surface area contributed by atoms with E-state index in [1.165, 1.54) is 12.8 Å². The fourth-order valence-electron chi connectivity index (χ4n) is 2.22.